The molecule has 7 heteroatoms. The number of amides is 1. The molecule has 0 spiro atoms. The number of carboxylic acids is 1. The Kier molecular flexibility index (Phi) is 6.11. The predicted molar refractivity (Wildman–Crippen MR) is 97.8 cm³/mol. The molecule has 2 rings (SSSR count). The summed E-state index contributed by atoms with van der Waals surface area (Å²) in [5.41, 5.74) is 2.73. The maximum atomic E-state index is 12.3. The number of anilines is 2. The Balaban J connectivity index is 2.04. The molecule has 0 aromatic heterocycles. The third-order valence-electron chi connectivity index (χ3n) is 3.65. The van der Waals surface area contributed by atoms with Crippen LogP contribution in [0.3, 0.4) is 0 Å². The number of carboxylic acid groups (broad SMARTS) is 1. The predicted octanol–water partition coefficient (Wildman–Crippen LogP) is 2.83. The van der Waals surface area contributed by atoms with Crippen molar-refractivity contribution in [3.63, 3.8) is 0 Å². The van der Waals surface area contributed by atoms with Gasteiger partial charge in [0.15, 0.2) is 0 Å². The molecular formula is C18H20N4O3. The van der Waals surface area contributed by atoms with Crippen molar-refractivity contribution in [1.82, 2.24) is 0 Å². The van der Waals surface area contributed by atoms with Gasteiger partial charge in [-0.15, -0.1) is 0 Å². The van der Waals surface area contributed by atoms with Crippen LogP contribution in [-0.2, 0) is 4.79 Å². The zero-order valence-electron chi connectivity index (χ0n) is 13.8. The highest BCUT2D eigenvalue weighted by molar-refractivity contribution is 6.05. The molecule has 2 aromatic rings. The molecule has 0 aliphatic rings. The van der Waals surface area contributed by atoms with Gasteiger partial charge in [-0.05, 0) is 41.8 Å². The van der Waals surface area contributed by atoms with E-state index in [-0.39, 0.29) is 18.2 Å². The molecule has 130 valence electrons. The highest BCUT2D eigenvalue weighted by atomic mass is 16.4. The first-order chi connectivity index (χ1) is 12.0. The van der Waals surface area contributed by atoms with Crippen molar-refractivity contribution >= 4 is 29.6 Å². The largest absolute Gasteiger partial charge is 0.481 e. The van der Waals surface area contributed by atoms with Gasteiger partial charge in [-0.25, -0.2) is 0 Å². The van der Waals surface area contributed by atoms with E-state index in [1.165, 1.54) is 6.34 Å². The number of benzene rings is 2. The lowest BCUT2D eigenvalue weighted by atomic mass is 9.98. The zero-order valence-corrected chi connectivity index (χ0v) is 13.8. The van der Waals surface area contributed by atoms with Gasteiger partial charge in [0, 0.05) is 16.9 Å². The number of nitrogens with two attached hydrogens (primary N) is 1. The SMILES string of the molecule is CC(CC(=O)O)c1ccc(NC(=O)c2cccc(NC=NN)c2)cc1. The second-order valence-electron chi connectivity index (χ2n) is 5.58. The Bertz CT molecular complexity index is 772. The van der Waals surface area contributed by atoms with Crippen LogP contribution in [0.5, 0.6) is 0 Å². The van der Waals surface area contributed by atoms with Crippen molar-refractivity contribution in [3.8, 4) is 0 Å². The van der Waals surface area contributed by atoms with Gasteiger partial charge in [-0.1, -0.05) is 25.1 Å². The third-order valence-corrected chi connectivity index (χ3v) is 3.65. The van der Waals surface area contributed by atoms with Gasteiger partial charge >= 0.3 is 5.97 Å². The minimum Gasteiger partial charge on any atom is -0.481 e. The molecule has 0 saturated heterocycles. The lowest BCUT2D eigenvalue weighted by Gasteiger charge is -2.11. The standard InChI is InChI=1S/C18H20N4O3/c1-12(9-17(23)24)13-5-7-15(8-6-13)22-18(25)14-3-2-4-16(10-14)20-11-21-19/h2-8,10-12H,9,19H2,1H3,(H,20,21)(H,22,25)(H,23,24). The van der Waals surface area contributed by atoms with Crippen LogP contribution in [0.15, 0.2) is 53.6 Å². The number of rotatable bonds is 7. The molecule has 0 bridgehead atoms. The van der Waals surface area contributed by atoms with E-state index < -0.39 is 5.97 Å². The van der Waals surface area contributed by atoms with Gasteiger partial charge in [0.1, 0.15) is 6.34 Å². The fourth-order valence-electron chi connectivity index (χ4n) is 2.34. The van der Waals surface area contributed by atoms with E-state index in [2.05, 4.69) is 15.7 Å². The highest BCUT2D eigenvalue weighted by Gasteiger charge is 2.11. The molecule has 0 aliphatic heterocycles. The lowest BCUT2D eigenvalue weighted by Crippen LogP contribution is -2.12. The second kappa shape index (κ2) is 8.49. The van der Waals surface area contributed by atoms with Crippen LogP contribution < -0.4 is 16.5 Å². The van der Waals surface area contributed by atoms with E-state index in [1.807, 2.05) is 19.1 Å². The fourth-order valence-corrected chi connectivity index (χ4v) is 2.34. The summed E-state index contributed by atoms with van der Waals surface area (Å²) in [6, 6.07) is 14.1. The van der Waals surface area contributed by atoms with Gasteiger partial charge in [-0.3, -0.25) is 9.59 Å². The first-order valence-electron chi connectivity index (χ1n) is 7.71. The molecule has 7 nitrogen and oxygen atoms in total. The highest BCUT2D eigenvalue weighted by Crippen LogP contribution is 2.21. The number of hydrogen-bond acceptors (Lipinski definition) is 4. The van der Waals surface area contributed by atoms with Crippen LogP contribution in [-0.4, -0.2) is 23.3 Å². The minimum atomic E-state index is -0.835. The van der Waals surface area contributed by atoms with E-state index in [9.17, 15) is 9.59 Å². The van der Waals surface area contributed by atoms with Crippen molar-refractivity contribution in [3.05, 3.63) is 59.7 Å². The van der Waals surface area contributed by atoms with Crippen molar-refractivity contribution in [2.75, 3.05) is 10.6 Å². The third kappa shape index (κ3) is 5.35. The normalized spacial score (nSPS) is 11.9. The molecular weight excluding hydrogens is 320 g/mol. The Morgan fingerprint density at radius 2 is 1.92 bits per heavy atom. The van der Waals surface area contributed by atoms with Crippen molar-refractivity contribution in [2.45, 2.75) is 19.3 Å². The molecule has 1 unspecified atom stereocenters. The molecule has 0 saturated carbocycles. The Hall–Kier alpha value is -3.35. The molecule has 1 amide bonds. The number of hydrogen-bond donors (Lipinski definition) is 4. The van der Waals surface area contributed by atoms with Gasteiger partial charge in [0.05, 0.1) is 6.42 Å². The van der Waals surface area contributed by atoms with Gasteiger partial charge < -0.3 is 21.6 Å². The molecule has 0 fully saturated rings. The average molecular weight is 340 g/mol. The minimum absolute atomic E-state index is 0.0671. The maximum absolute atomic E-state index is 12.3. The van der Waals surface area contributed by atoms with Crippen molar-refractivity contribution in [1.29, 1.82) is 0 Å². The summed E-state index contributed by atoms with van der Waals surface area (Å²) in [4.78, 5) is 23.1. The zero-order chi connectivity index (χ0) is 18.2. The van der Waals surface area contributed by atoms with E-state index in [4.69, 9.17) is 10.9 Å². The Labute approximate surface area is 145 Å². The number of hydrazone groups is 1. The quantitative estimate of drug-likeness (QED) is 0.268. The molecule has 1 atom stereocenters. The average Bonchev–Trinajstić information content (AvgIpc) is 2.60. The number of nitrogens with one attached hydrogen (secondary N) is 2. The van der Waals surface area contributed by atoms with Crippen LogP contribution in [0.2, 0.25) is 0 Å². The molecule has 0 aliphatic carbocycles. The first kappa shape index (κ1) is 18.0. The Morgan fingerprint density at radius 1 is 1.20 bits per heavy atom. The van der Waals surface area contributed by atoms with E-state index in [1.54, 1.807) is 36.4 Å². The topological polar surface area (TPSA) is 117 Å². The van der Waals surface area contributed by atoms with Crippen LogP contribution in [0.1, 0.15) is 35.2 Å². The van der Waals surface area contributed by atoms with Crippen LogP contribution >= 0.6 is 0 Å². The molecule has 25 heavy (non-hydrogen) atoms. The van der Waals surface area contributed by atoms with E-state index >= 15 is 0 Å². The Morgan fingerprint density at radius 3 is 2.56 bits per heavy atom. The second-order valence-corrected chi connectivity index (χ2v) is 5.58. The molecule has 0 radical (unpaired) electrons. The summed E-state index contributed by atoms with van der Waals surface area (Å²) in [5.74, 6) is 3.86. The van der Waals surface area contributed by atoms with E-state index in [0.717, 1.165) is 5.56 Å². The summed E-state index contributed by atoms with van der Waals surface area (Å²) < 4.78 is 0. The van der Waals surface area contributed by atoms with Crippen molar-refractivity contribution in [2.24, 2.45) is 10.9 Å². The number of carbonyl (C=O) groups excluding carboxylic acids is 1. The van der Waals surface area contributed by atoms with Crippen LogP contribution in [0, 0.1) is 0 Å². The van der Waals surface area contributed by atoms with Crippen molar-refractivity contribution < 1.29 is 14.7 Å². The summed E-state index contributed by atoms with van der Waals surface area (Å²) in [6.45, 7) is 1.85. The van der Waals surface area contributed by atoms with E-state index in [0.29, 0.717) is 16.9 Å². The monoisotopic (exact) mass is 340 g/mol. The summed E-state index contributed by atoms with van der Waals surface area (Å²) >= 11 is 0. The fraction of sp³-hybridized carbons (Fsp3) is 0.167. The lowest BCUT2D eigenvalue weighted by molar-refractivity contribution is -0.137. The first-order valence-corrected chi connectivity index (χ1v) is 7.71. The molecule has 5 N–H and O–H groups in total. The number of aliphatic carboxylic acids is 1. The smallest absolute Gasteiger partial charge is 0.303 e. The molecule has 0 heterocycles. The summed E-state index contributed by atoms with van der Waals surface area (Å²) in [7, 11) is 0. The summed E-state index contributed by atoms with van der Waals surface area (Å²) in [5, 5.41) is 17.8. The number of nitrogens with zero attached hydrogens (tertiary/aromatic N) is 1. The number of carbonyl (C=O) groups is 2. The van der Waals surface area contributed by atoms with Crippen LogP contribution in [0.4, 0.5) is 11.4 Å². The van der Waals surface area contributed by atoms with Crippen LogP contribution in [0.25, 0.3) is 0 Å². The van der Waals surface area contributed by atoms with Gasteiger partial charge in [0.25, 0.3) is 5.91 Å². The van der Waals surface area contributed by atoms with Gasteiger partial charge in [-0.2, -0.15) is 5.10 Å². The molecule has 2 aromatic carbocycles. The van der Waals surface area contributed by atoms with Gasteiger partial charge in [0.2, 0.25) is 0 Å². The summed E-state index contributed by atoms with van der Waals surface area (Å²) in [6.07, 6.45) is 1.39. The maximum Gasteiger partial charge on any atom is 0.303 e.